The summed E-state index contributed by atoms with van der Waals surface area (Å²) in [6, 6.07) is 13.8. The van der Waals surface area contributed by atoms with Gasteiger partial charge in [0.1, 0.15) is 5.82 Å². The van der Waals surface area contributed by atoms with Gasteiger partial charge in [-0.05, 0) is 30.7 Å². The molecule has 0 aliphatic heterocycles. The molecule has 0 radical (unpaired) electrons. The van der Waals surface area contributed by atoms with E-state index in [4.69, 9.17) is 5.73 Å². The van der Waals surface area contributed by atoms with Gasteiger partial charge in [0, 0.05) is 13.0 Å². The number of aromatic nitrogens is 1. The average Bonchev–Trinajstić information content (AvgIpc) is 2.53. The average molecular weight is 284 g/mol. The van der Waals surface area contributed by atoms with Crippen LogP contribution in [0, 0.1) is 0 Å². The van der Waals surface area contributed by atoms with Crippen molar-refractivity contribution in [3.63, 3.8) is 0 Å². The maximum Gasteiger partial charge on any atom is 0.225 e. The summed E-state index contributed by atoms with van der Waals surface area (Å²) in [5.74, 6) is 0.500. The lowest BCUT2D eigenvalue weighted by molar-refractivity contribution is -0.116. The lowest BCUT2D eigenvalue weighted by atomic mass is 10.2. The van der Waals surface area contributed by atoms with E-state index in [0.29, 0.717) is 25.2 Å². The van der Waals surface area contributed by atoms with Crippen LogP contribution in [0.15, 0.2) is 48.7 Å². The van der Waals surface area contributed by atoms with E-state index in [1.54, 1.807) is 12.3 Å². The van der Waals surface area contributed by atoms with Gasteiger partial charge in [-0.1, -0.05) is 30.3 Å². The molecule has 0 atom stereocenters. The van der Waals surface area contributed by atoms with Crippen molar-refractivity contribution < 1.29 is 4.79 Å². The Morgan fingerprint density at radius 1 is 1.14 bits per heavy atom. The second-order valence-corrected chi connectivity index (χ2v) is 4.71. The Labute approximate surface area is 124 Å². The molecule has 0 saturated carbocycles. The quantitative estimate of drug-likeness (QED) is 0.729. The third-order valence-electron chi connectivity index (χ3n) is 2.98. The van der Waals surface area contributed by atoms with Crippen molar-refractivity contribution in [2.45, 2.75) is 19.4 Å². The highest BCUT2D eigenvalue weighted by Crippen LogP contribution is 2.11. The molecule has 1 heterocycles. The molecule has 21 heavy (non-hydrogen) atoms. The third kappa shape index (κ3) is 5.24. The molecule has 1 aromatic heterocycles. The number of pyridine rings is 1. The Morgan fingerprint density at radius 3 is 2.62 bits per heavy atom. The smallest absolute Gasteiger partial charge is 0.225 e. The van der Waals surface area contributed by atoms with Crippen molar-refractivity contribution in [1.82, 2.24) is 4.98 Å². The summed E-state index contributed by atoms with van der Waals surface area (Å²) in [5.41, 5.74) is 7.49. The molecule has 1 aromatic carbocycles. The normalized spacial score (nSPS) is 10.1. The standard InChI is InChI=1S/C16H20N4O/c17-10-4-7-16(21)20-15-9-8-14(12-19-15)18-11-13-5-2-1-3-6-13/h1-3,5-6,8-9,12,18H,4,7,10-11,17H2,(H,19,20,21). The largest absolute Gasteiger partial charge is 0.380 e. The number of nitrogens with one attached hydrogen (secondary N) is 2. The molecule has 110 valence electrons. The SMILES string of the molecule is NCCCC(=O)Nc1ccc(NCc2ccccc2)cn1. The molecule has 2 rings (SSSR count). The molecule has 0 bridgehead atoms. The minimum atomic E-state index is -0.0575. The minimum Gasteiger partial charge on any atom is -0.380 e. The number of benzene rings is 1. The Bertz CT molecular complexity index is 554. The van der Waals surface area contributed by atoms with Crippen LogP contribution in [0.25, 0.3) is 0 Å². The van der Waals surface area contributed by atoms with Crippen LogP contribution in [0.5, 0.6) is 0 Å². The van der Waals surface area contributed by atoms with E-state index in [0.717, 1.165) is 12.2 Å². The van der Waals surface area contributed by atoms with Crippen molar-refractivity contribution >= 4 is 17.4 Å². The van der Waals surface area contributed by atoms with Crippen LogP contribution in [-0.4, -0.2) is 17.4 Å². The van der Waals surface area contributed by atoms with Gasteiger partial charge in [0.05, 0.1) is 11.9 Å². The van der Waals surface area contributed by atoms with Crippen molar-refractivity contribution in [2.75, 3.05) is 17.2 Å². The zero-order valence-corrected chi connectivity index (χ0v) is 11.9. The van der Waals surface area contributed by atoms with Gasteiger partial charge in [-0.2, -0.15) is 0 Å². The second kappa shape index (κ2) is 8.01. The highest BCUT2D eigenvalue weighted by atomic mass is 16.1. The highest BCUT2D eigenvalue weighted by Gasteiger charge is 2.02. The van der Waals surface area contributed by atoms with Gasteiger partial charge in [0.15, 0.2) is 0 Å². The van der Waals surface area contributed by atoms with Crippen LogP contribution in [0.1, 0.15) is 18.4 Å². The van der Waals surface area contributed by atoms with Crippen molar-refractivity contribution in [3.05, 3.63) is 54.2 Å². The fourth-order valence-corrected chi connectivity index (χ4v) is 1.84. The van der Waals surface area contributed by atoms with Gasteiger partial charge in [-0.3, -0.25) is 4.79 Å². The molecular formula is C16H20N4O. The highest BCUT2D eigenvalue weighted by molar-refractivity contribution is 5.89. The van der Waals surface area contributed by atoms with Crippen molar-refractivity contribution in [2.24, 2.45) is 5.73 Å². The van der Waals surface area contributed by atoms with E-state index >= 15 is 0 Å². The van der Waals surface area contributed by atoms with Crippen LogP contribution < -0.4 is 16.4 Å². The van der Waals surface area contributed by atoms with Gasteiger partial charge < -0.3 is 16.4 Å². The number of hydrogen-bond donors (Lipinski definition) is 3. The zero-order valence-electron chi connectivity index (χ0n) is 11.9. The molecule has 0 aliphatic rings. The fourth-order valence-electron chi connectivity index (χ4n) is 1.84. The summed E-state index contributed by atoms with van der Waals surface area (Å²) in [7, 11) is 0. The monoisotopic (exact) mass is 284 g/mol. The number of carbonyl (C=O) groups is 1. The number of nitrogens with two attached hydrogens (primary N) is 1. The zero-order chi connectivity index (χ0) is 14.9. The van der Waals surface area contributed by atoms with Gasteiger partial charge in [0.25, 0.3) is 0 Å². The van der Waals surface area contributed by atoms with Crippen molar-refractivity contribution in [1.29, 1.82) is 0 Å². The summed E-state index contributed by atoms with van der Waals surface area (Å²) in [6.45, 7) is 1.26. The molecule has 2 aromatic rings. The summed E-state index contributed by atoms with van der Waals surface area (Å²) in [4.78, 5) is 15.8. The van der Waals surface area contributed by atoms with E-state index in [2.05, 4.69) is 27.8 Å². The van der Waals surface area contributed by atoms with E-state index in [-0.39, 0.29) is 5.91 Å². The first kappa shape index (κ1) is 15.0. The number of carbonyl (C=O) groups excluding carboxylic acids is 1. The van der Waals surface area contributed by atoms with E-state index in [9.17, 15) is 4.79 Å². The molecule has 4 N–H and O–H groups in total. The van der Waals surface area contributed by atoms with Gasteiger partial charge in [0.2, 0.25) is 5.91 Å². The Hall–Kier alpha value is -2.40. The molecular weight excluding hydrogens is 264 g/mol. The molecule has 0 spiro atoms. The summed E-state index contributed by atoms with van der Waals surface area (Å²) in [6.07, 6.45) is 2.82. The van der Waals surface area contributed by atoms with E-state index in [1.165, 1.54) is 5.56 Å². The first-order valence-corrected chi connectivity index (χ1v) is 7.01. The molecule has 0 unspecified atom stereocenters. The maximum absolute atomic E-state index is 11.5. The lowest BCUT2D eigenvalue weighted by Crippen LogP contribution is -2.14. The second-order valence-electron chi connectivity index (χ2n) is 4.71. The lowest BCUT2D eigenvalue weighted by Gasteiger charge is -2.08. The number of nitrogens with zero attached hydrogens (tertiary/aromatic N) is 1. The van der Waals surface area contributed by atoms with Gasteiger partial charge in [-0.25, -0.2) is 4.98 Å². The van der Waals surface area contributed by atoms with Crippen LogP contribution in [0.4, 0.5) is 11.5 Å². The van der Waals surface area contributed by atoms with Gasteiger partial charge in [-0.15, -0.1) is 0 Å². The molecule has 0 aliphatic carbocycles. The predicted molar refractivity (Wildman–Crippen MR) is 84.9 cm³/mol. The summed E-state index contributed by atoms with van der Waals surface area (Å²) >= 11 is 0. The fraction of sp³-hybridized carbons (Fsp3) is 0.250. The Balaban J connectivity index is 1.83. The predicted octanol–water partition coefficient (Wildman–Crippen LogP) is 2.37. The Kier molecular flexibility index (Phi) is 5.72. The minimum absolute atomic E-state index is 0.0575. The first-order valence-electron chi connectivity index (χ1n) is 7.01. The van der Waals surface area contributed by atoms with E-state index < -0.39 is 0 Å². The van der Waals surface area contributed by atoms with Gasteiger partial charge >= 0.3 is 0 Å². The van der Waals surface area contributed by atoms with Crippen LogP contribution in [0.2, 0.25) is 0 Å². The molecule has 5 nitrogen and oxygen atoms in total. The molecule has 5 heteroatoms. The van der Waals surface area contributed by atoms with Crippen LogP contribution >= 0.6 is 0 Å². The number of anilines is 2. The third-order valence-corrected chi connectivity index (χ3v) is 2.98. The number of hydrogen-bond acceptors (Lipinski definition) is 4. The van der Waals surface area contributed by atoms with E-state index in [1.807, 2.05) is 24.3 Å². The van der Waals surface area contributed by atoms with Crippen molar-refractivity contribution in [3.8, 4) is 0 Å². The molecule has 1 amide bonds. The molecule has 0 fully saturated rings. The number of rotatable bonds is 7. The van der Waals surface area contributed by atoms with Crippen LogP contribution in [0.3, 0.4) is 0 Å². The van der Waals surface area contributed by atoms with Crippen LogP contribution in [-0.2, 0) is 11.3 Å². The number of amides is 1. The topological polar surface area (TPSA) is 80.0 Å². The summed E-state index contributed by atoms with van der Waals surface area (Å²) in [5, 5.41) is 6.03. The first-order chi connectivity index (χ1) is 10.3. The Morgan fingerprint density at radius 2 is 1.95 bits per heavy atom. The summed E-state index contributed by atoms with van der Waals surface area (Å²) < 4.78 is 0. The molecule has 0 saturated heterocycles. The maximum atomic E-state index is 11.5.